The van der Waals surface area contributed by atoms with Crippen molar-refractivity contribution in [2.24, 2.45) is 11.8 Å². The van der Waals surface area contributed by atoms with Crippen LogP contribution in [0.15, 0.2) is 48.5 Å². The van der Waals surface area contributed by atoms with Gasteiger partial charge in [-0.05, 0) is 109 Å². The van der Waals surface area contributed by atoms with Crippen molar-refractivity contribution < 1.29 is 28.7 Å². The standard InChI is InChI=1S/C44H54N8O6/c1-23(2)37(49-43(55)57-7)41(53)51-17-9-11-34(51)39-45-30-15-13-27(21-32(30)47-39)29-19-25(5)36(26(6)20-29)28-14-16-31-33(22-28)48-40(46-31)35-12-10-18-52(35)42(54)38(24(3)4)50-44(56)58-8/h13-16,19-24,34-35,37-38H,9-12,17-18H2,1-8H3,(H,45,47)(H,46,48)(H,49,55)(H,50,56)/t34-,35?,37-,38-/m0/s1. The van der Waals surface area contributed by atoms with E-state index in [1.807, 2.05) is 49.6 Å². The smallest absolute Gasteiger partial charge is 0.407 e. The number of carbonyl (C=O) groups excluding carboxylic acids is 4. The summed E-state index contributed by atoms with van der Waals surface area (Å²) in [6.07, 6.45) is 2.00. The van der Waals surface area contributed by atoms with Crippen molar-refractivity contribution in [2.75, 3.05) is 27.3 Å². The summed E-state index contributed by atoms with van der Waals surface area (Å²) in [6.45, 7) is 13.1. The van der Waals surface area contributed by atoms with Crippen molar-refractivity contribution in [3.63, 3.8) is 0 Å². The Morgan fingerprint density at radius 3 is 1.52 bits per heavy atom. The van der Waals surface area contributed by atoms with Crippen molar-refractivity contribution in [2.45, 2.75) is 91.4 Å². The second-order valence-corrected chi connectivity index (χ2v) is 16.3. The predicted molar refractivity (Wildman–Crippen MR) is 222 cm³/mol. The second-order valence-electron chi connectivity index (χ2n) is 16.3. The molecule has 14 nitrogen and oxygen atoms in total. The highest BCUT2D eigenvalue weighted by molar-refractivity contribution is 5.89. The largest absolute Gasteiger partial charge is 0.453 e. The minimum atomic E-state index is -0.696. The highest BCUT2D eigenvalue weighted by Gasteiger charge is 2.39. The molecule has 3 aromatic carbocycles. The van der Waals surface area contributed by atoms with Gasteiger partial charge in [-0.1, -0.05) is 52.0 Å². The number of aromatic amines is 2. The number of ether oxygens (including phenoxy) is 2. The molecule has 0 aliphatic carbocycles. The Morgan fingerprint density at radius 1 is 0.655 bits per heavy atom. The lowest BCUT2D eigenvalue weighted by Crippen LogP contribution is -2.51. The van der Waals surface area contributed by atoms with Gasteiger partial charge in [-0.3, -0.25) is 9.59 Å². The number of aromatic nitrogens is 4. The summed E-state index contributed by atoms with van der Waals surface area (Å²) in [6, 6.07) is 15.0. The summed E-state index contributed by atoms with van der Waals surface area (Å²) < 4.78 is 9.57. The van der Waals surface area contributed by atoms with Gasteiger partial charge in [-0.25, -0.2) is 19.6 Å². The highest BCUT2D eigenvalue weighted by Crippen LogP contribution is 2.38. The lowest BCUT2D eigenvalue weighted by molar-refractivity contribution is -0.136. The number of nitrogens with one attached hydrogen (secondary N) is 4. The van der Waals surface area contributed by atoms with Crippen LogP contribution in [0.25, 0.3) is 44.3 Å². The van der Waals surface area contributed by atoms with E-state index in [1.54, 1.807) is 0 Å². The molecule has 0 bridgehead atoms. The number of hydrogen-bond acceptors (Lipinski definition) is 8. The first-order chi connectivity index (χ1) is 27.8. The maximum absolute atomic E-state index is 13.7. The van der Waals surface area contributed by atoms with E-state index in [-0.39, 0.29) is 35.7 Å². The van der Waals surface area contributed by atoms with Gasteiger partial charge in [0.05, 0.1) is 48.4 Å². The first-order valence-corrected chi connectivity index (χ1v) is 20.2. The quantitative estimate of drug-likeness (QED) is 0.113. The average molecular weight is 791 g/mol. The number of hydrogen-bond donors (Lipinski definition) is 4. The number of alkyl carbamates (subject to hydrolysis) is 2. The highest BCUT2D eigenvalue weighted by atomic mass is 16.5. The van der Waals surface area contributed by atoms with Gasteiger partial charge in [0.25, 0.3) is 0 Å². The van der Waals surface area contributed by atoms with E-state index < -0.39 is 24.3 Å². The van der Waals surface area contributed by atoms with E-state index in [0.717, 1.165) is 92.8 Å². The molecule has 5 aromatic rings. The van der Waals surface area contributed by atoms with Gasteiger partial charge in [0, 0.05) is 13.1 Å². The number of nitrogens with zero attached hydrogens (tertiary/aromatic N) is 4. The summed E-state index contributed by atoms with van der Waals surface area (Å²) in [5.41, 5.74) is 10.0. The van der Waals surface area contributed by atoms with Crippen molar-refractivity contribution in [1.29, 1.82) is 0 Å². The first kappa shape index (κ1) is 40.3. The molecular formula is C44H54N8O6. The first-order valence-electron chi connectivity index (χ1n) is 20.2. The van der Waals surface area contributed by atoms with E-state index >= 15 is 0 Å². The maximum Gasteiger partial charge on any atom is 0.407 e. The van der Waals surface area contributed by atoms with Gasteiger partial charge in [0.1, 0.15) is 23.7 Å². The Hall–Kier alpha value is -5.92. The molecule has 0 spiro atoms. The van der Waals surface area contributed by atoms with Crippen molar-refractivity contribution in [1.82, 2.24) is 40.4 Å². The monoisotopic (exact) mass is 790 g/mol. The molecule has 2 fully saturated rings. The molecule has 1 unspecified atom stereocenters. The van der Waals surface area contributed by atoms with Gasteiger partial charge in [-0.15, -0.1) is 0 Å². The summed E-state index contributed by atoms with van der Waals surface area (Å²) >= 11 is 0. The number of amides is 4. The zero-order valence-electron chi connectivity index (χ0n) is 34.6. The predicted octanol–water partition coefficient (Wildman–Crippen LogP) is 7.48. The van der Waals surface area contributed by atoms with Crippen LogP contribution in [0.2, 0.25) is 0 Å². The van der Waals surface area contributed by atoms with Crippen LogP contribution >= 0.6 is 0 Å². The van der Waals surface area contributed by atoms with Gasteiger partial charge >= 0.3 is 12.2 Å². The summed E-state index contributed by atoms with van der Waals surface area (Å²) in [5.74, 6) is 0.977. The fourth-order valence-electron chi connectivity index (χ4n) is 8.68. The lowest BCUT2D eigenvalue weighted by atomic mass is 9.91. The molecule has 4 heterocycles. The molecule has 2 aliphatic heterocycles. The third-order valence-corrected chi connectivity index (χ3v) is 11.6. The Balaban J connectivity index is 1.11. The van der Waals surface area contributed by atoms with Crippen molar-refractivity contribution in [3.8, 4) is 22.3 Å². The summed E-state index contributed by atoms with van der Waals surface area (Å²) in [4.78, 5) is 72.0. The number of likely N-dealkylation sites (tertiary alicyclic amines) is 2. The Bertz CT molecular complexity index is 2340. The minimum Gasteiger partial charge on any atom is -0.453 e. The van der Waals surface area contributed by atoms with Gasteiger partial charge < -0.3 is 39.9 Å². The number of imidazole rings is 2. The van der Waals surface area contributed by atoms with E-state index in [4.69, 9.17) is 19.4 Å². The topological polar surface area (TPSA) is 175 Å². The fraction of sp³-hybridized carbons (Fsp3) is 0.455. The van der Waals surface area contributed by atoms with E-state index in [9.17, 15) is 19.2 Å². The SMILES string of the molecule is COC(=O)N[C@H](C(=O)N1CCCC1c1nc2ccc(-c3c(C)cc(-c4ccc5nc([C@@H]6CCCN6C(=O)[C@@H](NC(=O)OC)C(C)C)[nH]c5c4)cc3C)cc2[nH]1)C(C)C. The van der Waals surface area contributed by atoms with Gasteiger partial charge in [0.2, 0.25) is 11.8 Å². The van der Waals surface area contributed by atoms with Crippen LogP contribution in [0, 0.1) is 25.7 Å². The third kappa shape index (κ3) is 7.84. The second kappa shape index (κ2) is 16.5. The van der Waals surface area contributed by atoms with E-state index in [1.165, 1.54) is 14.2 Å². The molecule has 14 heteroatoms. The van der Waals surface area contributed by atoms with Crippen LogP contribution in [-0.4, -0.2) is 93.1 Å². The Morgan fingerprint density at radius 2 is 1.09 bits per heavy atom. The number of fused-ring (bicyclic) bond motifs is 2. The number of methoxy groups -OCH3 is 2. The molecule has 7 rings (SSSR count). The maximum atomic E-state index is 13.7. The van der Waals surface area contributed by atoms with E-state index in [2.05, 4.69) is 70.8 Å². The number of rotatable bonds is 10. The Labute approximate surface area is 338 Å². The lowest BCUT2D eigenvalue weighted by Gasteiger charge is -2.29. The van der Waals surface area contributed by atoms with Crippen LogP contribution in [0.1, 0.15) is 88.2 Å². The van der Waals surface area contributed by atoms with Crippen LogP contribution in [0.4, 0.5) is 9.59 Å². The molecule has 4 atom stereocenters. The Kier molecular flexibility index (Phi) is 11.5. The third-order valence-electron chi connectivity index (χ3n) is 11.6. The number of benzene rings is 3. The zero-order valence-corrected chi connectivity index (χ0v) is 34.6. The van der Waals surface area contributed by atoms with Gasteiger partial charge in [0.15, 0.2) is 0 Å². The minimum absolute atomic E-state index is 0.111. The van der Waals surface area contributed by atoms with Crippen LogP contribution in [0.3, 0.4) is 0 Å². The molecule has 2 saturated heterocycles. The molecule has 0 radical (unpaired) electrons. The molecule has 4 amide bonds. The number of H-pyrrole nitrogens is 2. The van der Waals surface area contributed by atoms with Crippen molar-refractivity contribution in [3.05, 3.63) is 71.3 Å². The molecule has 0 saturated carbocycles. The van der Waals surface area contributed by atoms with Crippen LogP contribution in [-0.2, 0) is 19.1 Å². The summed E-state index contributed by atoms with van der Waals surface area (Å²) in [7, 11) is 2.59. The molecule has 2 aromatic heterocycles. The number of aryl methyl sites for hydroxylation is 2. The molecule has 4 N–H and O–H groups in total. The zero-order chi connectivity index (χ0) is 41.4. The van der Waals surface area contributed by atoms with Gasteiger partial charge in [-0.2, -0.15) is 0 Å². The average Bonchev–Trinajstić information content (AvgIpc) is 4.02. The molecular weight excluding hydrogens is 737 g/mol. The molecule has 2 aliphatic rings. The van der Waals surface area contributed by atoms with E-state index in [0.29, 0.717) is 13.1 Å². The normalized spacial score (nSPS) is 18.0. The molecule has 306 valence electrons. The van der Waals surface area contributed by atoms with Crippen molar-refractivity contribution >= 4 is 46.1 Å². The van der Waals surface area contributed by atoms with Crippen LogP contribution < -0.4 is 10.6 Å². The molecule has 58 heavy (non-hydrogen) atoms. The summed E-state index contributed by atoms with van der Waals surface area (Å²) in [5, 5.41) is 5.43. The number of carbonyl (C=O) groups is 4. The fourth-order valence-corrected chi connectivity index (χ4v) is 8.68. The van der Waals surface area contributed by atoms with Crippen LogP contribution in [0.5, 0.6) is 0 Å².